The molecule has 0 aliphatic heterocycles. The van der Waals surface area contributed by atoms with Crippen LogP contribution in [0.1, 0.15) is 23.6 Å². The molecule has 0 radical (unpaired) electrons. The summed E-state index contributed by atoms with van der Waals surface area (Å²) < 4.78 is 1.91. The topological polar surface area (TPSA) is 80.5 Å². The van der Waals surface area contributed by atoms with Crippen LogP contribution in [-0.2, 0) is 6.54 Å². The van der Waals surface area contributed by atoms with E-state index < -0.39 is 0 Å². The number of aryl methyl sites for hydroxylation is 2. The molecule has 0 amide bonds. The van der Waals surface area contributed by atoms with Gasteiger partial charge in [-0.1, -0.05) is 29.3 Å². The fourth-order valence-corrected chi connectivity index (χ4v) is 3.61. The van der Waals surface area contributed by atoms with Crippen LogP contribution in [0.2, 0.25) is 0 Å². The van der Waals surface area contributed by atoms with Crippen LogP contribution in [0.4, 0.5) is 5.82 Å². The molecule has 0 atom stereocenters. The molecule has 4 rings (SSSR count). The lowest BCUT2D eigenvalue weighted by molar-refractivity contribution is 0.686. The molecule has 0 spiro atoms. The minimum absolute atomic E-state index is 0.529. The van der Waals surface area contributed by atoms with Crippen molar-refractivity contribution in [3.8, 4) is 11.3 Å². The Balaban J connectivity index is 1.57. The van der Waals surface area contributed by atoms with Crippen LogP contribution in [0, 0.1) is 13.8 Å². The predicted octanol–water partition coefficient (Wildman–Crippen LogP) is 3.86. The first-order valence-electron chi connectivity index (χ1n) is 9.79. The van der Waals surface area contributed by atoms with Crippen LogP contribution in [0.3, 0.4) is 0 Å². The first-order valence-corrected chi connectivity index (χ1v) is 10.2. The average molecular weight is 418 g/mol. The maximum atomic E-state index is 5.22. The number of hydrogen-bond acceptors (Lipinski definition) is 5. The average Bonchev–Trinajstić information content (AvgIpc) is 3.15. The van der Waals surface area contributed by atoms with Gasteiger partial charge in [-0.3, -0.25) is 9.67 Å². The predicted molar refractivity (Wildman–Crippen MR) is 123 cm³/mol. The van der Waals surface area contributed by atoms with Gasteiger partial charge in [-0.05, 0) is 50.7 Å². The summed E-state index contributed by atoms with van der Waals surface area (Å²) in [7, 11) is 0. The van der Waals surface area contributed by atoms with Gasteiger partial charge < -0.3 is 10.6 Å². The van der Waals surface area contributed by atoms with Crippen molar-refractivity contribution in [2.45, 2.75) is 27.3 Å². The maximum Gasteiger partial charge on any atom is 0.180 e. The lowest BCUT2D eigenvalue weighted by Gasteiger charge is -2.08. The second-order valence-corrected chi connectivity index (χ2v) is 7.61. The van der Waals surface area contributed by atoms with E-state index in [2.05, 4.69) is 62.7 Å². The highest BCUT2D eigenvalue weighted by molar-refractivity contribution is 7.80. The van der Waals surface area contributed by atoms with Crippen molar-refractivity contribution < 1.29 is 0 Å². The van der Waals surface area contributed by atoms with Gasteiger partial charge in [0.25, 0.3) is 0 Å². The number of anilines is 1. The van der Waals surface area contributed by atoms with E-state index in [1.54, 1.807) is 12.4 Å². The fraction of sp³-hybridized carbons (Fsp3) is 0.227. The van der Waals surface area contributed by atoms with Crippen LogP contribution in [0.15, 0.2) is 48.9 Å². The molecule has 8 heteroatoms. The minimum atomic E-state index is 0.529. The quantitative estimate of drug-likeness (QED) is 0.477. The smallest absolute Gasteiger partial charge is 0.180 e. The summed E-state index contributed by atoms with van der Waals surface area (Å²) >= 11 is 5.22. The summed E-state index contributed by atoms with van der Waals surface area (Å²) in [5.74, 6) is 0.630. The van der Waals surface area contributed by atoms with Crippen LogP contribution in [0.5, 0.6) is 0 Å². The molecule has 0 unspecified atom stereocenters. The third-order valence-electron chi connectivity index (χ3n) is 4.54. The van der Waals surface area contributed by atoms with Crippen molar-refractivity contribution >= 4 is 34.3 Å². The summed E-state index contributed by atoms with van der Waals surface area (Å²) in [5, 5.41) is 11.1. The van der Waals surface area contributed by atoms with Gasteiger partial charge >= 0.3 is 0 Å². The third kappa shape index (κ3) is 4.60. The van der Waals surface area contributed by atoms with Crippen LogP contribution in [-0.4, -0.2) is 36.4 Å². The summed E-state index contributed by atoms with van der Waals surface area (Å²) in [6, 6.07) is 10.2. The SMILES string of the molecule is CCNC(=S)Nc1ccc2ncc(-c3cnn(Cc4cc(C)cc(C)c4)c3)nc2n1. The first kappa shape index (κ1) is 19.9. The molecular formula is C22H23N7S. The molecule has 30 heavy (non-hydrogen) atoms. The molecule has 0 fully saturated rings. The van der Waals surface area contributed by atoms with Crippen LogP contribution < -0.4 is 10.6 Å². The molecule has 3 aromatic heterocycles. The summed E-state index contributed by atoms with van der Waals surface area (Å²) in [6.07, 6.45) is 5.54. The van der Waals surface area contributed by atoms with Gasteiger partial charge in [0, 0.05) is 18.3 Å². The number of thiocarbonyl (C=S) groups is 1. The highest BCUT2D eigenvalue weighted by Gasteiger charge is 2.09. The van der Waals surface area contributed by atoms with E-state index in [1.807, 2.05) is 29.9 Å². The normalized spacial score (nSPS) is 10.9. The Hall–Kier alpha value is -3.39. The number of nitrogens with one attached hydrogen (secondary N) is 2. The van der Waals surface area contributed by atoms with E-state index in [-0.39, 0.29) is 0 Å². The van der Waals surface area contributed by atoms with Gasteiger partial charge in [0.15, 0.2) is 10.8 Å². The molecule has 152 valence electrons. The van der Waals surface area contributed by atoms with Crippen molar-refractivity contribution in [2.24, 2.45) is 0 Å². The molecule has 2 N–H and O–H groups in total. The number of hydrogen-bond donors (Lipinski definition) is 2. The molecule has 0 aliphatic carbocycles. The van der Waals surface area contributed by atoms with Crippen molar-refractivity contribution in [1.82, 2.24) is 30.0 Å². The van der Waals surface area contributed by atoms with Gasteiger partial charge in [0.1, 0.15) is 11.3 Å². The number of nitrogens with zero attached hydrogens (tertiary/aromatic N) is 5. The molecule has 1 aromatic carbocycles. The van der Waals surface area contributed by atoms with Gasteiger partial charge in [-0.2, -0.15) is 5.10 Å². The maximum absolute atomic E-state index is 5.22. The Morgan fingerprint density at radius 2 is 1.87 bits per heavy atom. The molecule has 0 bridgehead atoms. The highest BCUT2D eigenvalue weighted by Crippen LogP contribution is 2.20. The van der Waals surface area contributed by atoms with Gasteiger partial charge in [-0.25, -0.2) is 9.97 Å². The van der Waals surface area contributed by atoms with E-state index in [1.165, 1.54) is 16.7 Å². The van der Waals surface area contributed by atoms with E-state index in [4.69, 9.17) is 12.2 Å². The molecule has 7 nitrogen and oxygen atoms in total. The van der Waals surface area contributed by atoms with Crippen molar-refractivity contribution in [3.63, 3.8) is 0 Å². The van der Waals surface area contributed by atoms with E-state index in [0.29, 0.717) is 23.1 Å². The number of fused-ring (bicyclic) bond motifs is 1. The third-order valence-corrected chi connectivity index (χ3v) is 4.79. The molecule has 0 saturated carbocycles. The second-order valence-electron chi connectivity index (χ2n) is 7.20. The van der Waals surface area contributed by atoms with Crippen molar-refractivity contribution in [1.29, 1.82) is 0 Å². The summed E-state index contributed by atoms with van der Waals surface area (Å²) in [4.78, 5) is 13.7. The highest BCUT2D eigenvalue weighted by atomic mass is 32.1. The Morgan fingerprint density at radius 1 is 1.07 bits per heavy atom. The fourth-order valence-electron chi connectivity index (χ4n) is 3.36. The van der Waals surface area contributed by atoms with E-state index in [0.717, 1.165) is 23.3 Å². The van der Waals surface area contributed by atoms with Gasteiger partial charge in [0.05, 0.1) is 24.6 Å². The minimum Gasteiger partial charge on any atom is -0.363 e. The molecule has 3 heterocycles. The zero-order valence-corrected chi connectivity index (χ0v) is 18.0. The monoisotopic (exact) mass is 417 g/mol. The standard InChI is InChI=1S/C22H23N7S/c1-4-23-22(30)28-20-6-5-18-21(27-20)26-19(11-24-18)17-10-25-29(13-17)12-16-8-14(2)7-15(3)9-16/h5-11,13H,4,12H2,1-3H3,(H2,23,26,27,28,30). The molecule has 0 aliphatic rings. The van der Waals surface area contributed by atoms with Crippen molar-refractivity contribution in [3.05, 3.63) is 65.6 Å². The van der Waals surface area contributed by atoms with E-state index >= 15 is 0 Å². The second kappa shape index (κ2) is 8.54. The summed E-state index contributed by atoms with van der Waals surface area (Å²) in [5.41, 5.74) is 6.63. The first-order chi connectivity index (χ1) is 14.5. The zero-order valence-electron chi connectivity index (χ0n) is 17.2. The van der Waals surface area contributed by atoms with Gasteiger partial charge in [0.2, 0.25) is 0 Å². The molecular weight excluding hydrogens is 394 g/mol. The number of aromatic nitrogens is 5. The largest absolute Gasteiger partial charge is 0.363 e. The van der Waals surface area contributed by atoms with Gasteiger partial charge in [-0.15, -0.1) is 0 Å². The Kier molecular flexibility index (Phi) is 5.67. The number of pyridine rings is 1. The van der Waals surface area contributed by atoms with Crippen LogP contribution >= 0.6 is 12.2 Å². The lowest BCUT2D eigenvalue weighted by Crippen LogP contribution is -2.28. The van der Waals surface area contributed by atoms with Crippen LogP contribution in [0.25, 0.3) is 22.4 Å². The Bertz CT molecular complexity index is 1200. The molecule has 0 saturated heterocycles. The zero-order chi connectivity index (χ0) is 21.1. The number of benzene rings is 1. The van der Waals surface area contributed by atoms with Crippen molar-refractivity contribution in [2.75, 3.05) is 11.9 Å². The number of rotatable bonds is 5. The Morgan fingerprint density at radius 3 is 2.63 bits per heavy atom. The summed E-state index contributed by atoms with van der Waals surface area (Å²) in [6.45, 7) is 7.65. The lowest BCUT2D eigenvalue weighted by atomic mass is 10.1. The van der Waals surface area contributed by atoms with E-state index in [9.17, 15) is 0 Å². The Labute approximate surface area is 180 Å². The molecule has 4 aromatic rings.